The number of amides is 2. The van der Waals surface area contributed by atoms with Crippen LogP contribution in [0.5, 0.6) is 5.75 Å². The monoisotopic (exact) mass is 342 g/mol. The molecule has 0 radical (unpaired) electrons. The van der Waals surface area contributed by atoms with Crippen LogP contribution in [0.25, 0.3) is 0 Å². The van der Waals surface area contributed by atoms with Crippen molar-refractivity contribution in [1.29, 1.82) is 0 Å². The van der Waals surface area contributed by atoms with Gasteiger partial charge in [0.25, 0.3) is 0 Å². The lowest BCUT2D eigenvalue weighted by molar-refractivity contribution is -0.136. The van der Waals surface area contributed by atoms with Gasteiger partial charge >= 0.3 is 11.8 Å². The Bertz CT molecular complexity index is 712. The smallest absolute Gasteiger partial charge is 0.313 e. The van der Waals surface area contributed by atoms with E-state index in [1.165, 1.54) is 0 Å². The van der Waals surface area contributed by atoms with Crippen molar-refractivity contribution in [2.75, 3.05) is 19.0 Å². The molecule has 0 aliphatic heterocycles. The van der Waals surface area contributed by atoms with Crippen molar-refractivity contribution in [2.24, 2.45) is 0 Å². The molecule has 0 spiro atoms. The first kappa shape index (κ1) is 18.5. The van der Waals surface area contributed by atoms with E-state index >= 15 is 0 Å². The van der Waals surface area contributed by atoms with E-state index in [0.29, 0.717) is 12.1 Å². The van der Waals surface area contributed by atoms with Gasteiger partial charge in [0, 0.05) is 18.7 Å². The Balaban J connectivity index is 1.85. The third kappa shape index (κ3) is 5.93. The molecule has 0 bridgehead atoms. The van der Waals surface area contributed by atoms with Gasteiger partial charge in [0.15, 0.2) is 0 Å². The normalized spacial score (nSPS) is 12.8. The lowest BCUT2D eigenvalue weighted by atomic mass is 9.96. The minimum atomic E-state index is -1.18. The van der Waals surface area contributed by atoms with Crippen LogP contribution in [0.3, 0.4) is 0 Å². The van der Waals surface area contributed by atoms with Gasteiger partial charge in [-0.25, -0.2) is 0 Å². The summed E-state index contributed by atoms with van der Waals surface area (Å²) in [7, 11) is 1.58. The van der Waals surface area contributed by atoms with Crippen LogP contribution < -0.4 is 15.4 Å². The van der Waals surface area contributed by atoms with Gasteiger partial charge in [0.1, 0.15) is 5.75 Å². The maximum Gasteiger partial charge on any atom is 0.313 e. The van der Waals surface area contributed by atoms with Gasteiger partial charge in [0.2, 0.25) is 0 Å². The molecule has 0 saturated carbocycles. The Morgan fingerprint density at radius 3 is 2.28 bits per heavy atom. The summed E-state index contributed by atoms with van der Waals surface area (Å²) in [5.74, 6) is -0.834. The zero-order chi connectivity index (χ0) is 18.3. The van der Waals surface area contributed by atoms with Crippen LogP contribution in [0.4, 0.5) is 5.69 Å². The van der Waals surface area contributed by atoms with Gasteiger partial charge in [-0.05, 0) is 36.8 Å². The highest BCUT2D eigenvalue weighted by atomic mass is 16.5. The fourth-order valence-electron chi connectivity index (χ4n) is 2.31. The summed E-state index contributed by atoms with van der Waals surface area (Å²) < 4.78 is 5.09. The number of carbonyl (C=O) groups is 2. The molecule has 0 aliphatic rings. The molecule has 0 aliphatic carbocycles. The number of anilines is 1. The second-order valence-electron chi connectivity index (χ2n) is 6.02. The summed E-state index contributed by atoms with van der Waals surface area (Å²) in [4.78, 5) is 23.7. The van der Waals surface area contributed by atoms with Crippen molar-refractivity contribution in [3.8, 4) is 5.75 Å². The highest BCUT2D eigenvalue weighted by molar-refractivity contribution is 6.39. The van der Waals surface area contributed by atoms with Crippen LogP contribution in [-0.4, -0.2) is 36.2 Å². The molecule has 132 valence electrons. The van der Waals surface area contributed by atoms with Crippen LogP contribution in [0.1, 0.15) is 12.5 Å². The van der Waals surface area contributed by atoms with Crippen molar-refractivity contribution in [2.45, 2.75) is 18.9 Å². The number of methoxy groups -OCH3 is 1. The Labute approximate surface area is 146 Å². The summed E-state index contributed by atoms with van der Waals surface area (Å²) in [6.07, 6.45) is 0.331. The van der Waals surface area contributed by atoms with E-state index in [-0.39, 0.29) is 6.54 Å². The second-order valence-corrected chi connectivity index (χ2v) is 6.02. The largest absolute Gasteiger partial charge is 0.497 e. The lowest BCUT2D eigenvalue weighted by Crippen LogP contribution is -2.45. The molecule has 0 saturated heterocycles. The predicted octanol–water partition coefficient (Wildman–Crippen LogP) is 1.74. The molecule has 2 aromatic carbocycles. The topological polar surface area (TPSA) is 87.7 Å². The van der Waals surface area contributed by atoms with Crippen molar-refractivity contribution in [1.82, 2.24) is 5.32 Å². The van der Waals surface area contributed by atoms with Crippen LogP contribution in [0, 0.1) is 0 Å². The third-order valence-electron chi connectivity index (χ3n) is 3.61. The van der Waals surface area contributed by atoms with Crippen molar-refractivity contribution in [3.05, 3.63) is 60.2 Å². The van der Waals surface area contributed by atoms with Crippen LogP contribution in [-0.2, 0) is 16.0 Å². The molecule has 2 rings (SSSR count). The van der Waals surface area contributed by atoms with Gasteiger partial charge in [-0.3, -0.25) is 9.59 Å². The summed E-state index contributed by atoms with van der Waals surface area (Å²) in [6, 6.07) is 16.0. The van der Waals surface area contributed by atoms with E-state index in [4.69, 9.17) is 4.74 Å². The van der Waals surface area contributed by atoms with Crippen LogP contribution in [0.15, 0.2) is 54.6 Å². The van der Waals surface area contributed by atoms with E-state index in [9.17, 15) is 14.7 Å². The SMILES string of the molecule is COc1ccc(C[C@](C)(O)CNC(=O)C(=O)Nc2ccccc2)cc1. The number of rotatable bonds is 6. The molecule has 6 nitrogen and oxygen atoms in total. The molecule has 25 heavy (non-hydrogen) atoms. The Hall–Kier alpha value is -2.86. The van der Waals surface area contributed by atoms with Crippen LogP contribution >= 0.6 is 0 Å². The number of nitrogens with one attached hydrogen (secondary N) is 2. The highest BCUT2D eigenvalue weighted by Crippen LogP contribution is 2.16. The third-order valence-corrected chi connectivity index (χ3v) is 3.61. The van der Waals surface area contributed by atoms with Gasteiger partial charge < -0.3 is 20.5 Å². The van der Waals surface area contributed by atoms with E-state index < -0.39 is 17.4 Å². The minimum absolute atomic E-state index is 0.0416. The van der Waals surface area contributed by atoms with E-state index in [1.54, 1.807) is 50.4 Å². The zero-order valence-electron chi connectivity index (χ0n) is 14.3. The van der Waals surface area contributed by atoms with Crippen molar-refractivity contribution >= 4 is 17.5 Å². The second kappa shape index (κ2) is 8.30. The molecule has 6 heteroatoms. The number of ether oxygens (including phenoxy) is 1. The first-order valence-electron chi connectivity index (χ1n) is 7.89. The first-order valence-corrected chi connectivity index (χ1v) is 7.89. The Morgan fingerprint density at radius 2 is 1.68 bits per heavy atom. The number of benzene rings is 2. The van der Waals surface area contributed by atoms with Gasteiger partial charge in [0.05, 0.1) is 12.7 Å². The Kier molecular flexibility index (Phi) is 6.14. The fraction of sp³-hybridized carbons (Fsp3) is 0.263. The number of para-hydroxylation sites is 1. The molecule has 3 N–H and O–H groups in total. The van der Waals surface area contributed by atoms with Gasteiger partial charge in [-0.1, -0.05) is 30.3 Å². The molecule has 0 aromatic heterocycles. The fourth-order valence-corrected chi connectivity index (χ4v) is 2.31. The standard InChI is InChI=1S/C19H22N2O4/c1-19(24,12-14-8-10-16(25-2)11-9-14)13-20-17(22)18(23)21-15-6-4-3-5-7-15/h3-11,24H,12-13H2,1-2H3,(H,20,22)(H,21,23)/t19-/m0/s1. The maximum absolute atomic E-state index is 11.9. The lowest BCUT2D eigenvalue weighted by Gasteiger charge is -2.23. The average molecular weight is 342 g/mol. The summed E-state index contributed by atoms with van der Waals surface area (Å²) in [5.41, 5.74) is 0.249. The maximum atomic E-state index is 11.9. The molecule has 0 fully saturated rings. The summed E-state index contributed by atoms with van der Waals surface area (Å²) >= 11 is 0. The van der Waals surface area contributed by atoms with E-state index in [1.807, 2.05) is 18.2 Å². The molecule has 0 unspecified atom stereocenters. The quantitative estimate of drug-likeness (QED) is 0.698. The average Bonchev–Trinajstić information content (AvgIpc) is 2.61. The van der Waals surface area contributed by atoms with E-state index in [0.717, 1.165) is 11.3 Å². The highest BCUT2D eigenvalue weighted by Gasteiger charge is 2.24. The minimum Gasteiger partial charge on any atom is -0.497 e. The number of aliphatic hydroxyl groups is 1. The van der Waals surface area contributed by atoms with Gasteiger partial charge in [-0.2, -0.15) is 0 Å². The molecule has 2 amide bonds. The molecule has 2 aromatic rings. The van der Waals surface area contributed by atoms with Crippen molar-refractivity contribution < 1.29 is 19.4 Å². The summed E-state index contributed by atoms with van der Waals surface area (Å²) in [6.45, 7) is 1.56. The molecule has 0 heterocycles. The number of hydrogen-bond acceptors (Lipinski definition) is 4. The molecule has 1 atom stereocenters. The first-order chi connectivity index (χ1) is 11.9. The van der Waals surface area contributed by atoms with Gasteiger partial charge in [-0.15, -0.1) is 0 Å². The van der Waals surface area contributed by atoms with E-state index in [2.05, 4.69) is 10.6 Å². The van der Waals surface area contributed by atoms with Crippen LogP contribution in [0.2, 0.25) is 0 Å². The zero-order valence-corrected chi connectivity index (χ0v) is 14.3. The number of carbonyl (C=O) groups excluding carboxylic acids is 2. The molecular formula is C19H22N2O4. The summed E-state index contributed by atoms with van der Waals surface area (Å²) in [5, 5.41) is 15.4. The molecular weight excluding hydrogens is 320 g/mol. The predicted molar refractivity (Wildman–Crippen MR) is 95.4 cm³/mol. The number of hydrogen-bond donors (Lipinski definition) is 3. The van der Waals surface area contributed by atoms with Crippen molar-refractivity contribution in [3.63, 3.8) is 0 Å². The Morgan fingerprint density at radius 1 is 1.04 bits per heavy atom.